The predicted octanol–water partition coefficient (Wildman–Crippen LogP) is 2.60. The standard InChI is InChI=1S/C12H14ClN3/c1-9(14)12-6-15-8-16(12)7-10-4-2-3-5-11(10)13/h2-6,8-9H,7,14H2,1H3. The van der Waals surface area contributed by atoms with E-state index in [2.05, 4.69) is 4.98 Å². The molecule has 84 valence electrons. The molecule has 0 fully saturated rings. The number of nitrogens with zero attached hydrogens (tertiary/aromatic N) is 2. The van der Waals surface area contributed by atoms with E-state index in [-0.39, 0.29) is 6.04 Å². The lowest BCUT2D eigenvalue weighted by Crippen LogP contribution is -2.12. The van der Waals surface area contributed by atoms with Crippen LogP contribution in [-0.4, -0.2) is 9.55 Å². The van der Waals surface area contributed by atoms with Crippen molar-refractivity contribution in [3.8, 4) is 0 Å². The van der Waals surface area contributed by atoms with Crippen molar-refractivity contribution in [1.29, 1.82) is 0 Å². The van der Waals surface area contributed by atoms with Gasteiger partial charge in [-0.1, -0.05) is 29.8 Å². The Morgan fingerprint density at radius 2 is 2.19 bits per heavy atom. The minimum absolute atomic E-state index is 0.0232. The molecule has 2 N–H and O–H groups in total. The quantitative estimate of drug-likeness (QED) is 0.889. The van der Waals surface area contributed by atoms with Crippen molar-refractivity contribution in [2.75, 3.05) is 0 Å². The SMILES string of the molecule is CC(N)c1cncn1Cc1ccccc1Cl. The maximum Gasteiger partial charge on any atom is 0.0951 e. The summed E-state index contributed by atoms with van der Waals surface area (Å²) in [6, 6.07) is 7.77. The Labute approximate surface area is 99.9 Å². The molecule has 0 radical (unpaired) electrons. The largest absolute Gasteiger partial charge is 0.329 e. The van der Waals surface area contributed by atoms with Crippen molar-refractivity contribution in [2.24, 2.45) is 5.73 Å². The van der Waals surface area contributed by atoms with E-state index in [0.29, 0.717) is 6.54 Å². The van der Waals surface area contributed by atoms with E-state index in [4.69, 9.17) is 17.3 Å². The third-order valence-electron chi connectivity index (χ3n) is 2.51. The molecular formula is C12H14ClN3. The number of hydrogen-bond donors (Lipinski definition) is 1. The van der Waals surface area contributed by atoms with Crippen LogP contribution in [0.15, 0.2) is 36.8 Å². The van der Waals surface area contributed by atoms with Gasteiger partial charge in [0.15, 0.2) is 0 Å². The van der Waals surface area contributed by atoms with Crippen LogP contribution >= 0.6 is 11.6 Å². The summed E-state index contributed by atoms with van der Waals surface area (Å²) in [6.07, 6.45) is 3.57. The van der Waals surface area contributed by atoms with E-state index in [1.54, 1.807) is 12.5 Å². The fourth-order valence-corrected chi connectivity index (χ4v) is 1.85. The molecule has 1 unspecified atom stereocenters. The summed E-state index contributed by atoms with van der Waals surface area (Å²) >= 11 is 6.11. The van der Waals surface area contributed by atoms with E-state index in [9.17, 15) is 0 Å². The zero-order valence-electron chi connectivity index (χ0n) is 9.10. The Bertz CT molecular complexity index is 477. The molecule has 1 atom stereocenters. The normalized spacial score (nSPS) is 12.7. The van der Waals surface area contributed by atoms with Crippen molar-refractivity contribution in [1.82, 2.24) is 9.55 Å². The van der Waals surface area contributed by atoms with Gasteiger partial charge in [0.2, 0.25) is 0 Å². The van der Waals surface area contributed by atoms with E-state index >= 15 is 0 Å². The topological polar surface area (TPSA) is 43.8 Å². The van der Waals surface area contributed by atoms with Crippen molar-refractivity contribution in [3.05, 3.63) is 53.1 Å². The number of hydrogen-bond acceptors (Lipinski definition) is 2. The summed E-state index contributed by atoms with van der Waals surface area (Å²) in [7, 11) is 0. The van der Waals surface area contributed by atoms with Gasteiger partial charge in [0, 0.05) is 17.3 Å². The molecule has 0 amide bonds. The minimum Gasteiger partial charge on any atom is -0.329 e. The number of imidazole rings is 1. The van der Waals surface area contributed by atoms with Crippen LogP contribution in [0.25, 0.3) is 0 Å². The Morgan fingerprint density at radius 3 is 2.88 bits per heavy atom. The van der Waals surface area contributed by atoms with Gasteiger partial charge >= 0.3 is 0 Å². The Hall–Kier alpha value is -1.32. The van der Waals surface area contributed by atoms with Crippen LogP contribution in [0.2, 0.25) is 5.02 Å². The highest BCUT2D eigenvalue weighted by Gasteiger charge is 2.08. The molecule has 4 heteroatoms. The number of rotatable bonds is 3. The van der Waals surface area contributed by atoms with Gasteiger partial charge < -0.3 is 10.3 Å². The van der Waals surface area contributed by atoms with Gasteiger partial charge in [0.1, 0.15) is 0 Å². The molecule has 1 aromatic carbocycles. The fourth-order valence-electron chi connectivity index (χ4n) is 1.65. The molecule has 0 spiro atoms. The second-order valence-electron chi connectivity index (χ2n) is 3.83. The number of aromatic nitrogens is 2. The third-order valence-corrected chi connectivity index (χ3v) is 2.88. The van der Waals surface area contributed by atoms with Crippen LogP contribution in [0.5, 0.6) is 0 Å². The zero-order valence-corrected chi connectivity index (χ0v) is 9.85. The third kappa shape index (κ3) is 2.26. The predicted molar refractivity (Wildman–Crippen MR) is 65.4 cm³/mol. The highest BCUT2D eigenvalue weighted by molar-refractivity contribution is 6.31. The zero-order chi connectivity index (χ0) is 11.5. The van der Waals surface area contributed by atoms with E-state index in [0.717, 1.165) is 16.3 Å². The van der Waals surface area contributed by atoms with Crippen LogP contribution in [0.1, 0.15) is 24.2 Å². The van der Waals surface area contributed by atoms with Crippen molar-refractivity contribution >= 4 is 11.6 Å². The summed E-state index contributed by atoms with van der Waals surface area (Å²) in [5, 5.41) is 0.770. The molecule has 2 rings (SSSR count). The van der Waals surface area contributed by atoms with Crippen LogP contribution in [-0.2, 0) is 6.54 Å². The molecule has 1 heterocycles. The Kier molecular flexibility index (Phi) is 3.27. The van der Waals surface area contributed by atoms with Gasteiger partial charge in [-0.05, 0) is 18.6 Å². The van der Waals surface area contributed by atoms with Crippen LogP contribution in [0.3, 0.4) is 0 Å². The van der Waals surface area contributed by atoms with Crippen molar-refractivity contribution < 1.29 is 0 Å². The second-order valence-corrected chi connectivity index (χ2v) is 4.23. The lowest BCUT2D eigenvalue weighted by molar-refractivity contribution is 0.674. The highest BCUT2D eigenvalue weighted by Crippen LogP contribution is 2.18. The van der Waals surface area contributed by atoms with E-state index in [1.165, 1.54) is 0 Å². The fraction of sp³-hybridized carbons (Fsp3) is 0.250. The monoisotopic (exact) mass is 235 g/mol. The molecule has 0 saturated heterocycles. The van der Waals surface area contributed by atoms with Gasteiger partial charge in [-0.15, -0.1) is 0 Å². The van der Waals surface area contributed by atoms with Gasteiger partial charge in [-0.2, -0.15) is 0 Å². The summed E-state index contributed by atoms with van der Waals surface area (Å²) in [4.78, 5) is 4.11. The summed E-state index contributed by atoms with van der Waals surface area (Å²) in [6.45, 7) is 2.65. The smallest absolute Gasteiger partial charge is 0.0951 e. The maximum atomic E-state index is 6.11. The molecule has 2 aromatic rings. The first kappa shape index (κ1) is 11.2. The first-order valence-corrected chi connectivity index (χ1v) is 5.55. The molecule has 3 nitrogen and oxygen atoms in total. The molecule has 16 heavy (non-hydrogen) atoms. The van der Waals surface area contributed by atoms with Crippen LogP contribution in [0.4, 0.5) is 0 Å². The van der Waals surface area contributed by atoms with Crippen molar-refractivity contribution in [3.63, 3.8) is 0 Å². The molecule has 0 aliphatic rings. The summed E-state index contributed by atoms with van der Waals surface area (Å²) in [5.74, 6) is 0. The van der Waals surface area contributed by atoms with E-state index in [1.807, 2.05) is 35.8 Å². The van der Waals surface area contributed by atoms with Crippen LogP contribution in [0, 0.1) is 0 Å². The first-order valence-electron chi connectivity index (χ1n) is 5.17. The number of benzene rings is 1. The first-order chi connectivity index (χ1) is 7.68. The van der Waals surface area contributed by atoms with Crippen molar-refractivity contribution in [2.45, 2.75) is 19.5 Å². The Balaban J connectivity index is 2.27. The summed E-state index contributed by atoms with van der Waals surface area (Å²) in [5.41, 5.74) is 7.94. The van der Waals surface area contributed by atoms with E-state index < -0.39 is 0 Å². The molecule has 1 aromatic heterocycles. The lowest BCUT2D eigenvalue weighted by atomic mass is 10.2. The van der Waals surface area contributed by atoms with Crippen LogP contribution < -0.4 is 5.73 Å². The lowest BCUT2D eigenvalue weighted by Gasteiger charge is -2.11. The number of nitrogens with two attached hydrogens (primary N) is 1. The summed E-state index contributed by atoms with van der Waals surface area (Å²) < 4.78 is 2.02. The number of halogens is 1. The molecule has 0 aliphatic carbocycles. The minimum atomic E-state index is -0.0232. The maximum absolute atomic E-state index is 6.11. The molecular weight excluding hydrogens is 222 g/mol. The Morgan fingerprint density at radius 1 is 1.44 bits per heavy atom. The molecule has 0 aliphatic heterocycles. The van der Waals surface area contributed by atoms with Gasteiger partial charge in [-0.25, -0.2) is 4.98 Å². The highest BCUT2D eigenvalue weighted by atomic mass is 35.5. The average Bonchev–Trinajstić information content (AvgIpc) is 2.69. The van der Waals surface area contributed by atoms with Gasteiger partial charge in [0.25, 0.3) is 0 Å². The molecule has 0 bridgehead atoms. The average molecular weight is 236 g/mol. The van der Waals surface area contributed by atoms with Gasteiger partial charge in [-0.3, -0.25) is 0 Å². The second kappa shape index (κ2) is 4.68. The molecule has 0 saturated carbocycles. The van der Waals surface area contributed by atoms with Gasteiger partial charge in [0.05, 0.1) is 18.6 Å².